The fourth-order valence-corrected chi connectivity index (χ4v) is 3.29. The van der Waals surface area contributed by atoms with Crippen LogP contribution in [0.1, 0.15) is 20.7 Å². The zero-order valence-corrected chi connectivity index (χ0v) is 15.3. The number of ether oxygens (including phenoxy) is 2. The predicted molar refractivity (Wildman–Crippen MR) is 99.9 cm³/mol. The van der Waals surface area contributed by atoms with E-state index in [0.29, 0.717) is 50.5 Å². The minimum Gasteiger partial charge on any atom is -0.484 e. The molecule has 28 heavy (non-hydrogen) atoms. The molecule has 0 unspecified atom stereocenters. The van der Waals surface area contributed by atoms with E-state index in [9.17, 15) is 14.0 Å². The highest BCUT2D eigenvalue weighted by molar-refractivity contribution is 5.98. The standard InChI is InChI=1S/C21H21FN2O4/c22-18-3-1-2-4-19(18)28-17-13-24(14-17)21(26)16-7-5-15(6-8-16)20(25)23-9-11-27-12-10-23/h1-8,17H,9-14H2. The van der Waals surface area contributed by atoms with E-state index in [2.05, 4.69) is 0 Å². The lowest BCUT2D eigenvalue weighted by molar-refractivity contribution is 0.0163. The Bertz CT molecular complexity index is 859. The molecule has 0 spiro atoms. The van der Waals surface area contributed by atoms with Crippen molar-refractivity contribution in [3.63, 3.8) is 0 Å². The van der Waals surface area contributed by atoms with E-state index in [-0.39, 0.29) is 23.7 Å². The van der Waals surface area contributed by atoms with Crippen molar-refractivity contribution >= 4 is 11.8 Å². The number of likely N-dealkylation sites (tertiary alicyclic amines) is 1. The zero-order chi connectivity index (χ0) is 19.5. The number of para-hydroxylation sites is 1. The SMILES string of the molecule is O=C(c1ccc(C(=O)N2CC(Oc3ccccc3F)C2)cc1)N1CCOCC1. The molecule has 0 saturated carbocycles. The monoisotopic (exact) mass is 384 g/mol. The maximum Gasteiger partial charge on any atom is 0.254 e. The molecule has 2 aliphatic heterocycles. The fraction of sp³-hybridized carbons (Fsp3) is 0.333. The number of carbonyl (C=O) groups is 2. The van der Waals surface area contributed by atoms with Crippen molar-refractivity contribution < 1.29 is 23.5 Å². The van der Waals surface area contributed by atoms with Crippen LogP contribution in [0.4, 0.5) is 4.39 Å². The zero-order valence-electron chi connectivity index (χ0n) is 15.3. The summed E-state index contributed by atoms with van der Waals surface area (Å²) in [6, 6.07) is 12.9. The van der Waals surface area contributed by atoms with Gasteiger partial charge in [-0.2, -0.15) is 0 Å². The van der Waals surface area contributed by atoms with Crippen molar-refractivity contribution in [1.29, 1.82) is 0 Å². The number of carbonyl (C=O) groups excluding carboxylic acids is 2. The molecule has 2 saturated heterocycles. The molecule has 6 nitrogen and oxygen atoms in total. The molecule has 7 heteroatoms. The largest absolute Gasteiger partial charge is 0.484 e. The molecule has 146 valence electrons. The van der Waals surface area contributed by atoms with E-state index in [1.165, 1.54) is 6.07 Å². The van der Waals surface area contributed by atoms with Crippen LogP contribution in [0.3, 0.4) is 0 Å². The predicted octanol–water partition coefficient (Wildman–Crippen LogP) is 2.20. The quantitative estimate of drug-likeness (QED) is 0.811. The number of nitrogens with zero attached hydrogens (tertiary/aromatic N) is 2. The molecule has 4 rings (SSSR count). The molecule has 0 aliphatic carbocycles. The van der Waals surface area contributed by atoms with Crippen LogP contribution in [0.2, 0.25) is 0 Å². The van der Waals surface area contributed by atoms with Gasteiger partial charge in [-0.3, -0.25) is 9.59 Å². The van der Waals surface area contributed by atoms with Crippen molar-refractivity contribution in [2.24, 2.45) is 0 Å². The first-order valence-corrected chi connectivity index (χ1v) is 9.29. The number of rotatable bonds is 4. The Morgan fingerprint density at radius 2 is 1.46 bits per heavy atom. The Morgan fingerprint density at radius 3 is 2.07 bits per heavy atom. The molecular weight excluding hydrogens is 363 g/mol. The van der Waals surface area contributed by atoms with Gasteiger partial charge in [0, 0.05) is 24.2 Å². The van der Waals surface area contributed by atoms with Gasteiger partial charge >= 0.3 is 0 Å². The first kappa shape index (κ1) is 18.4. The molecule has 2 aromatic rings. The lowest BCUT2D eigenvalue weighted by Gasteiger charge is -2.39. The van der Waals surface area contributed by atoms with E-state index in [0.717, 1.165) is 0 Å². The highest BCUT2D eigenvalue weighted by atomic mass is 19.1. The molecule has 0 N–H and O–H groups in total. The Hall–Kier alpha value is -2.93. The second-order valence-corrected chi connectivity index (χ2v) is 6.86. The van der Waals surface area contributed by atoms with Gasteiger partial charge in [-0.15, -0.1) is 0 Å². The van der Waals surface area contributed by atoms with Crippen LogP contribution in [0, 0.1) is 5.82 Å². The molecule has 2 aliphatic rings. The molecule has 0 atom stereocenters. The van der Waals surface area contributed by atoms with E-state index < -0.39 is 5.82 Å². The van der Waals surface area contributed by atoms with Crippen molar-refractivity contribution in [2.75, 3.05) is 39.4 Å². The molecular formula is C21H21FN2O4. The van der Waals surface area contributed by atoms with Crippen molar-refractivity contribution in [3.8, 4) is 5.75 Å². The van der Waals surface area contributed by atoms with Crippen LogP contribution in [-0.4, -0.2) is 67.1 Å². The highest BCUT2D eigenvalue weighted by Crippen LogP contribution is 2.22. The lowest BCUT2D eigenvalue weighted by atomic mass is 10.1. The van der Waals surface area contributed by atoms with E-state index in [4.69, 9.17) is 9.47 Å². The Morgan fingerprint density at radius 1 is 0.893 bits per heavy atom. The average Bonchev–Trinajstić information content (AvgIpc) is 2.71. The maximum atomic E-state index is 13.6. The van der Waals surface area contributed by atoms with Crippen molar-refractivity contribution in [3.05, 3.63) is 65.5 Å². The molecule has 0 bridgehead atoms. The third kappa shape index (κ3) is 3.84. The van der Waals surface area contributed by atoms with Gasteiger partial charge in [-0.25, -0.2) is 4.39 Å². The van der Waals surface area contributed by atoms with Crippen LogP contribution < -0.4 is 4.74 Å². The van der Waals surface area contributed by atoms with Crippen LogP contribution >= 0.6 is 0 Å². The summed E-state index contributed by atoms with van der Waals surface area (Å²) in [5.41, 5.74) is 1.07. The summed E-state index contributed by atoms with van der Waals surface area (Å²) in [6.07, 6.45) is -0.219. The van der Waals surface area contributed by atoms with Gasteiger partial charge in [-0.1, -0.05) is 12.1 Å². The summed E-state index contributed by atoms with van der Waals surface area (Å²) >= 11 is 0. The van der Waals surface area contributed by atoms with Gasteiger partial charge in [0.25, 0.3) is 11.8 Å². The molecule has 2 amide bonds. The Balaban J connectivity index is 1.32. The summed E-state index contributed by atoms with van der Waals surface area (Å²) in [5, 5.41) is 0. The second-order valence-electron chi connectivity index (χ2n) is 6.86. The van der Waals surface area contributed by atoms with Gasteiger partial charge in [0.15, 0.2) is 11.6 Å². The third-order valence-electron chi connectivity index (χ3n) is 4.94. The number of amides is 2. The minimum absolute atomic E-state index is 0.0513. The van der Waals surface area contributed by atoms with Gasteiger partial charge in [0.05, 0.1) is 26.3 Å². The van der Waals surface area contributed by atoms with Crippen LogP contribution in [-0.2, 0) is 4.74 Å². The fourth-order valence-electron chi connectivity index (χ4n) is 3.29. The summed E-state index contributed by atoms with van der Waals surface area (Å²) in [7, 11) is 0. The van der Waals surface area contributed by atoms with Gasteiger partial charge in [0.1, 0.15) is 6.10 Å². The number of morpholine rings is 1. The van der Waals surface area contributed by atoms with Crippen LogP contribution in [0.25, 0.3) is 0 Å². The van der Waals surface area contributed by atoms with Crippen molar-refractivity contribution in [2.45, 2.75) is 6.10 Å². The third-order valence-corrected chi connectivity index (χ3v) is 4.94. The Kier molecular flexibility index (Phi) is 5.25. The molecule has 2 fully saturated rings. The van der Waals surface area contributed by atoms with Crippen molar-refractivity contribution in [1.82, 2.24) is 9.80 Å². The minimum atomic E-state index is -0.409. The van der Waals surface area contributed by atoms with E-state index in [1.807, 2.05) is 0 Å². The lowest BCUT2D eigenvalue weighted by Crippen LogP contribution is -2.56. The van der Waals surface area contributed by atoms with E-state index in [1.54, 1.807) is 52.3 Å². The van der Waals surface area contributed by atoms with Gasteiger partial charge in [0.2, 0.25) is 0 Å². The average molecular weight is 384 g/mol. The highest BCUT2D eigenvalue weighted by Gasteiger charge is 2.33. The molecule has 2 aromatic carbocycles. The number of halogens is 1. The number of hydrogen-bond donors (Lipinski definition) is 0. The van der Waals surface area contributed by atoms with Gasteiger partial charge < -0.3 is 19.3 Å². The molecule has 0 radical (unpaired) electrons. The normalized spacial score (nSPS) is 17.2. The summed E-state index contributed by atoms with van der Waals surface area (Å²) in [4.78, 5) is 28.4. The molecule has 0 aromatic heterocycles. The summed E-state index contributed by atoms with van der Waals surface area (Å²) in [6.45, 7) is 3.07. The Labute approximate surface area is 162 Å². The summed E-state index contributed by atoms with van der Waals surface area (Å²) in [5.74, 6) is -0.387. The number of hydrogen-bond acceptors (Lipinski definition) is 4. The smallest absolute Gasteiger partial charge is 0.254 e. The summed E-state index contributed by atoms with van der Waals surface area (Å²) < 4.78 is 24.5. The van der Waals surface area contributed by atoms with Crippen LogP contribution in [0.15, 0.2) is 48.5 Å². The maximum absolute atomic E-state index is 13.6. The number of benzene rings is 2. The second kappa shape index (κ2) is 7.98. The molecule has 2 heterocycles. The first-order chi connectivity index (χ1) is 13.6. The van der Waals surface area contributed by atoms with Crippen LogP contribution in [0.5, 0.6) is 5.75 Å². The first-order valence-electron chi connectivity index (χ1n) is 9.29. The topological polar surface area (TPSA) is 59.1 Å². The van der Waals surface area contributed by atoms with Gasteiger partial charge in [-0.05, 0) is 36.4 Å². The van der Waals surface area contributed by atoms with E-state index >= 15 is 0 Å².